The van der Waals surface area contributed by atoms with E-state index in [1.165, 1.54) is 11.3 Å². The summed E-state index contributed by atoms with van der Waals surface area (Å²) in [5, 5.41) is 5.21. The molecule has 0 saturated heterocycles. The summed E-state index contributed by atoms with van der Waals surface area (Å²) >= 11 is 1.34. The smallest absolute Gasteiger partial charge is 0.230 e. The van der Waals surface area contributed by atoms with Gasteiger partial charge in [0.15, 0.2) is 5.13 Å². The maximum absolute atomic E-state index is 12.5. The minimum atomic E-state index is -3.32. The van der Waals surface area contributed by atoms with Gasteiger partial charge in [-0.2, -0.15) is 0 Å². The molecule has 0 radical (unpaired) electrons. The van der Waals surface area contributed by atoms with Crippen molar-refractivity contribution in [1.82, 2.24) is 4.98 Å². The fourth-order valence-corrected chi connectivity index (χ4v) is 4.48. The predicted molar refractivity (Wildman–Crippen MR) is 130 cm³/mol. The van der Waals surface area contributed by atoms with Gasteiger partial charge in [-0.1, -0.05) is 66.7 Å². The van der Waals surface area contributed by atoms with Crippen LogP contribution in [-0.2, 0) is 21.2 Å². The molecule has 0 aliphatic carbocycles. The molecule has 0 unspecified atom stereocenters. The number of nitrogens with one attached hydrogen (secondary N) is 2. The van der Waals surface area contributed by atoms with Crippen molar-refractivity contribution in [3.05, 3.63) is 89.8 Å². The Balaban J connectivity index is 1.36. The third-order valence-electron chi connectivity index (χ3n) is 4.66. The van der Waals surface area contributed by atoms with E-state index in [9.17, 15) is 13.2 Å². The molecule has 8 heteroatoms. The fraction of sp³-hybridized carbons (Fsp3) is 0.0833. The minimum absolute atomic E-state index is 0.133. The zero-order chi connectivity index (χ0) is 22.6. The van der Waals surface area contributed by atoms with Gasteiger partial charge in [0.1, 0.15) is 0 Å². The van der Waals surface area contributed by atoms with E-state index in [-0.39, 0.29) is 12.3 Å². The number of aromatic nitrogens is 1. The summed E-state index contributed by atoms with van der Waals surface area (Å²) in [5.41, 5.74) is 5.20. The SMILES string of the molecule is CS(=O)(=O)Nc1ccc(-c2csc(NC(=O)Cc3ccc(-c4ccccc4)cc3)n2)cc1. The second-order valence-corrected chi connectivity index (χ2v) is 9.88. The van der Waals surface area contributed by atoms with Gasteiger partial charge in [0.25, 0.3) is 0 Å². The van der Waals surface area contributed by atoms with E-state index in [1.807, 2.05) is 47.8 Å². The van der Waals surface area contributed by atoms with Gasteiger partial charge >= 0.3 is 0 Å². The van der Waals surface area contributed by atoms with Gasteiger partial charge in [-0.25, -0.2) is 13.4 Å². The van der Waals surface area contributed by atoms with Crippen molar-refractivity contribution in [2.45, 2.75) is 6.42 Å². The third kappa shape index (κ3) is 5.81. The number of hydrogen-bond donors (Lipinski definition) is 2. The van der Waals surface area contributed by atoms with E-state index in [0.717, 1.165) is 28.5 Å². The molecule has 0 bridgehead atoms. The van der Waals surface area contributed by atoms with Crippen molar-refractivity contribution in [3.63, 3.8) is 0 Å². The molecule has 0 aliphatic heterocycles. The summed E-state index contributed by atoms with van der Waals surface area (Å²) in [4.78, 5) is 16.9. The van der Waals surface area contributed by atoms with Crippen molar-refractivity contribution in [2.24, 2.45) is 0 Å². The van der Waals surface area contributed by atoms with Crippen LogP contribution in [-0.4, -0.2) is 25.6 Å². The van der Waals surface area contributed by atoms with Crippen LogP contribution in [0.15, 0.2) is 84.2 Å². The lowest BCUT2D eigenvalue weighted by atomic mass is 10.0. The Morgan fingerprint density at radius 2 is 1.50 bits per heavy atom. The molecule has 0 fully saturated rings. The Hall–Kier alpha value is -3.49. The van der Waals surface area contributed by atoms with Crippen LogP contribution in [0.5, 0.6) is 0 Å². The van der Waals surface area contributed by atoms with Crippen LogP contribution in [0.3, 0.4) is 0 Å². The summed E-state index contributed by atoms with van der Waals surface area (Å²) in [6, 6.07) is 24.9. The summed E-state index contributed by atoms with van der Waals surface area (Å²) < 4.78 is 25.0. The Bertz CT molecular complexity index is 1320. The average molecular weight is 464 g/mol. The van der Waals surface area contributed by atoms with Crippen LogP contribution >= 0.6 is 11.3 Å². The van der Waals surface area contributed by atoms with Crippen molar-refractivity contribution in [1.29, 1.82) is 0 Å². The normalized spacial score (nSPS) is 11.2. The first-order valence-corrected chi connectivity index (χ1v) is 12.6. The van der Waals surface area contributed by atoms with Gasteiger partial charge in [-0.15, -0.1) is 11.3 Å². The Labute approximate surface area is 191 Å². The van der Waals surface area contributed by atoms with Crippen LogP contribution in [0, 0.1) is 0 Å². The molecule has 1 aromatic heterocycles. The molecule has 0 atom stereocenters. The number of sulfonamides is 1. The van der Waals surface area contributed by atoms with Gasteiger partial charge in [0.05, 0.1) is 18.4 Å². The molecule has 0 aliphatic rings. The molecule has 4 rings (SSSR count). The molecule has 0 spiro atoms. The maximum Gasteiger partial charge on any atom is 0.230 e. The Morgan fingerprint density at radius 1 is 0.875 bits per heavy atom. The minimum Gasteiger partial charge on any atom is -0.302 e. The average Bonchev–Trinajstić information content (AvgIpc) is 3.22. The highest BCUT2D eigenvalue weighted by molar-refractivity contribution is 7.92. The molecule has 6 nitrogen and oxygen atoms in total. The number of carbonyl (C=O) groups excluding carboxylic acids is 1. The molecule has 2 N–H and O–H groups in total. The second kappa shape index (κ2) is 9.33. The fourth-order valence-electron chi connectivity index (χ4n) is 3.18. The number of benzene rings is 3. The van der Waals surface area contributed by atoms with E-state index < -0.39 is 10.0 Å². The number of hydrogen-bond acceptors (Lipinski definition) is 5. The molecule has 1 amide bonds. The molecule has 3 aromatic carbocycles. The summed E-state index contributed by atoms with van der Waals surface area (Å²) in [7, 11) is -3.32. The standard InChI is InChI=1S/C24H21N3O3S2/c1-32(29,30)27-21-13-11-20(12-14-21)22-16-31-24(25-22)26-23(28)15-17-7-9-19(10-8-17)18-5-3-2-4-6-18/h2-14,16,27H,15H2,1H3,(H,25,26,28). The highest BCUT2D eigenvalue weighted by Crippen LogP contribution is 2.26. The van der Waals surface area contributed by atoms with Crippen LogP contribution < -0.4 is 10.0 Å². The van der Waals surface area contributed by atoms with Crippen LogP contribution in [0.1, 0.15) is 5.56 Å². The van der Waals surface area contributed by atoms with E-state index in [1.54, 1.807) is 24.3 Å². The number of anilines is 2. The van der Waals surface area contributed by atoms with Gasteiger partial charge < -0.3 is 5.32 Å². The molecule has 162 valence electrons. The van der Waals surface area contributed by atoms with Crippen molar-refractivity contribution >= 4 is 38.1 Å². The third-order valence-corrected chi connectivity index (χ3v) is 6.02. The first kappa shape index (κ1) is 21.7. The number of amides is 1. The van der Waals surface area contributed by atoms with E-state index in [2.05, 4.69) is 27.2 Å². The lowest BCUT2D eigenvalue weighted by Gasteiger charge is -2.05. The van der Waals surface area contributed by atoms with Crippen LogP contribution in [0.2, 0.25) is 0 Å². The number of nitrogens with zero attached hydrogens (tertiary/aromatic N) is 1. The predicted octanol–water partition coefficient (Wildman–Crippen LogP) is 5.03. The number of thiazole rings is 1. The molecule has 32 heavy (non-hydrogen) atoms. The zero-order valence-electron chi connectivity index (χ0n) is 17.3. The summed E-state index contributed by atoms with van der Waals surface area (Å²) in [6.07, 6.45) is 1.36. The summed E-state index contributed by atoms with van der Waals surface area (Å²) in [6.45, 7) is 0. The maximum atomic E-state index is 12.5. The molecule has 4 aromatic rings. The van der Waals surface area contributed by atoms with Gasteiger partial charge in [-0.05, 0) is 28.8 Å². The zero-order valence-corrected chi connectivity index (χ0v) is 18.9. The summed E-state index contributed by atoms with van der Waals surface area (Å²) in [5.74, 6) is -0.133. The topological polar surface area (TPSA) is 88.2 Å². The first-order chi connectivity index (χ1) is 15.4. The number of carbonyl (C=O) groups is 1. The second-order valence-electron chi connectivity index (χ2n) is 7.28. The molecular formula is C24H21N3O3S2. The quantitative estimate of drug-likeness (QED) is 0.402. The van der Waals surface area contributed by atoms with Crippen molar-refractivity contribution in [3.8, 4) is 22.4 Å². The van der Waals surface area contributed by atoms with Crippen molar-refractivity contribution in [2.75, 3.05) is 16.3 Å². The first-order valence-electron chi connectivity index (χ1n) is 9.84. The van der Waals surface area contributed by atoms with Gasteiger partial charge in [0, 0.05) is 16.6 Å². The van der Waals surface area contributed by atoms with Gasteiger partial charge in [0.2, 0.25) is 15.9 Å². The highest BCUT2D eigenvalue weighted by Gasteiger charge is 2.10. The van der Waals surface area contributed by atoms with E-state index in [0.29, 0.717) is 16.5 Å². The molecule has 1 heterocycles. The molecular weight excluding hydrogens is 442 g/mol. The van der Waals surface area contributed by atoms with Crippen molar-refractivity contribution < 1.29 is 13.2 Å². The lowest BCUT2D eigenvalue weighted by molar-refractivity contribution is -0.115. The van der Waals surface area contributed by atoms with E-state index >= 15 is 0 Å². The molecule has 0 saturated carbocycles. The van der Waals surface area contributed by atoms with Crippen LogP contribution in [0.25, 0.3) is 22.4 Å². The Kier molecular flexibility index (Phi) is 6.34. The largest absolute Gasteiger partial charge is 0.302 e. The lowest BCUT2D eigenvalue weighted by Crippen LogP contribution is -2.14. The van der Waals surface area contributed by atoms with Gasteiger partial charge in [-0.3, -0.25) is 9.52 Å². The number of rotatable bonds is 7. The van der Waals surface area contributed by atoms with Crippen LogP contribution in [0.4, 0.5) is 10.8 Å². The monoisotopic (exact) mass is 463 g/mol. The highest BCUT2D eigenvalue weighted by atomic mass is 32.2. The Morgan fingerprint density at radius 3 is 2.16 bits per heavy atom. The van der Waals surface area contributed by atoms with E-state index in [4.69, 9.17) is 0 Å².